The Kier molecular flexibility index (Phi) is 4.32. The second kappa shape index (κ2) is 5.98. The maximum Gasteiger partial charge on any atom is 0.264 e. The van der Waals surface area contributed by atoms with Crippen molar-refractivity contribution in [2.24, 2.45) is 0 Å². The van der Waals surface area contributed by atoms with E-state index in [-0.39, 0.29) is 5.78 Å². The van der Waals surface area contributed by atoms with Crippen LogP contribution in [0.25, 0.3) is 11.1 Å². The van der Waals surface area contributed by atoms with E-state index >= 15 is 0 Å². The predicted molar refractivity (Wildman–Crippen MR) is 77.0 cm³/mol. The van der Waals surface area contributed by atoms with E-state index in [1.165, 1.54) is 0 Å². The van der Waals surface area contributed by atoms with Gasteiger partial charge in [0.25, 0.3) is 10.1 Å². The SMILES string of the molecule is CS(=O)(=O)OCC(=O)c1ccc(-c2ccccc2)cc1. The Bertz CT molecular complexity index is 688. The Hall–Kier alpha value is -1.98. The van der Waals surface area contributed by atoms with E-state index in [1.807, 2.05) is 42.5 Å². The van der Waals surface area contributed by atoms with Crippen molar-refractivity contribution in [3.05, 3.63) is 60.2 Å². The third-order valence-corrected chi connectivity index (χ3v) is 3.26. The smallest absolute Gasteiger partial charge is 0.264 e. The molecule has 2 aromatic rings. The average Bonchev–Trinajstić information content (AvgIpc) is 2.45. The van der Waals surface area contributed by atoms with E-state index in [2.05, 4.69) is 4.18 Å². The van der Waals surface area contributed by atoms with Gasteiger partial charge in [-0.1, -0.05) is 54.6 Å². The number of rotatable bonds is 5. The molecule has 0 aliphatic heterocycles. The molecular formula is C15H14O4S. The van der Waals surface area contributed by atoms with E-state index in [0.29, 0.717) is 5.56 Å². The van der Waals surface area contributed by atoms with E-state index in [9.17, 15) is 13.2 Å². The van der Waals surface area contributed by atoms with Crippen molar-refractivity contribution in [2.45, 2.75) is 0 Å². The largest absolute Gasteiger partial charge is 0.291 e. The molecule has 20 heavy (non-hydrogen) atoms. The van der Waals surface area contributed by atoms with Crippen LogP contribution in [0, 0.1) is 0 Å². The fourth-order valence-electron chi connectivity index (χ4n) is 1.72. The second-order valence-electron chi connectivity index (χ2n) is 4.33. The van der Waals surface area contributed by atoms with E-state index in [1.54, 1.807) is 12.1 Å². The minimum Gasteiger partial charge on any atom is -0.291 e. The molecule has 0 saturated carbocycles. The molecule has 0 N–H and O–H groups in total. The van der Waals surface area contributed by atoms with E-state index in [4.69, 9.17) is 0 Å². The quantitative estimate of drug-likeness (QED) is 0.627. The predicted octanol–water partition coefficient (Wildman–Crippen LogP) is 2.51. The lowest BCUT2D eigenvalue weighted by Gasteiger charge is -2.04. The molecule has 0 aromatic heterocycles. The van der Waals surface area contributed by atoms with Crippen LogP contribution >= 0.6 is 0 Å². The number of carbonyl (C=O) groups is 1. The Morgan fingerprint density at radius 3 is 2.05 bits per heavy atom. The minimum absolute atomic E-state index is 0.366. The molecule has 0 atom stereocenters. The highest BCUT2D eigenvalue weighted by atomic mass is 32.2. The van der Waals surface area contributed by atoms with Gasteiger partial charge in [0.2, 0.25) is 0 Å². The van der Waals surface area contributed by atoms with Gasteiger partial charge in [0, 0.05) is 5.56 Å². The Morgan fingerprint density at radius 2 is 1.50 bits per heavy atom. The van der Waals surface area contributed by atoms with Crippen molar-refractivity contribution in [1.82, 2.24) is 0 Å². The molecule has 2 rings (SSSR count). The van der Waals surface area contributed by atoms with Crippen molar-refractivity contribution in [3.63, 3.8) is 0 Å². The number of ketones is 1. The zero-order chi connectivity index (χ0) is 14.6. The van der Waals surface area contributed by atoms with Crippen LogP contribution < -0.4 is 0 Å². The zero-order valence-corrected chi connectivity index (χ0v) is 11.8. The van der Waals surface area contributed by atoms with E-state index < -0.39 is 16.7 Å². The first kappa shape index (κ1) is 14.4. The molecule has 0 unspecified atom stereocenters. The van der Waals surface area contributed by atoms with Crippen molar-refractivity contribution in [1.29, 1.82) is 0 Å². The highest BCUT2D eigenvalue weighted by Crippen LogP contribution is 2.19. The monoisotopic (exact) mass is 290 g/mol. The zero-order valence-electron chi connectivity index (χ0n) is 10.9. The van der Waals surface area contributed by atoms with Gasteiger partial charge < -0.3 is 0 Å². The summed E-state index contributed by atoms with van der Waals surface area (Å²) in [6, 6.07) is 16.7. The topological polar surface area (TPSA) is 60.4 Å². The molecule has 4 nitrogen and oxygen atoms in total. The van der Waals surface area contributed by atoms with Crippen molar-refractivity contribution < 1.29 is 17.4 Å². The number of benzene rings is 2. The molecule has 0 saturated heterocycles. The van der Waals surface area contributed by atoms with Crippen LogP contribution in [0.5, 0.6) is 0 Å². The molecule has 0 heterocycles. The van der Waals surface area contributed by atoms with Crippen LogP contribution in [0.15, 0.2) is 54.6 Å². The van der Waals surface area contributed by atoms with Crippen LogP contribution in [0.2, 0.25) is 0 Å². The van der Waals surface area contributed by atoms with Crippen LogP contribution in [-0.4, -0.2) is 27.1 Å². The third-order valence-electron chi connectivity index (χ3n) is 2.72. The van der Waals surface area contributed by atoms with Crippen molar-refractivity contribution in [2.75, 3.05) is 12.9 Å². The molecular weight excluding hydrogens is 276 g/mol. The van der Waals surface area contributed by atoms with Gasteiger partial charge in [-0.25, -0.2) is 0 Å². The molecule has 0 bridgehead atoms. The molecule has 0 amide bonds. The molecule has 5 heteroatoms. The second-order valence-corrected chi connectivity index (χ2v) is 5.98. The highest BCUT2D eigenvalue weighted by molar-refractivity contribution is 7.86. The Labute approximate surface area is 118 Å². The Balaban J connectivity index is 2.11. The first-order valence-corrected chi connectivity index (χ1v) is 7.80. The number of hydrogen-bond donors (Lipinski definition) is 0. The van der Waals surface area contributed by atoms with Gasteiger partial charge in [-0.2, -0.15) is 8.42 Å². The molecule has 0 spiro atoms. The normalized spacial score (nSPS) is 11.2. The summed E-state index contributed by atoms with van der Waals surface area (Å²) in [7, 11) is -3.60. The molecule has 104 valence electrons. The molecule has 0 fully saturated rings. The van der Waals surface area contributed by atoms with Crippen molar-refractivity contribution in [3.8, 4) is 11.1 Å². The minimum atomic E-state index is -3.60. The molecule has 0 radical (unpaired) electrons. The summed E-state index contributed by atoms with van der Waals surface area (Å²) in [4.78, 5) is 11.7. The van der Waals surface area contributed by atoms with Crippen LogP contribution in [0.1, 0.15) is 10.4 Å². The fourth-order valence-corrected chi connectivity index (χ4v) is 2.04. The average molecular weight is 290 g/mol. The Morgan fingerprint density at radius 1 is 0.950 bits per heavy atom. The molecule has 2 aromatic carbocycles. The molecule has 0 aliphatic rings. The van der Waals surface area contributed by atoms with Crippen LogP contribution in [0.4, 0.5) is 0 Å². The lowest BCUT2D eigenvalue weighted by atomic mass is 10.0. The van der Waals surface area contributed by atoms with Gasteiger partial charge in [-0.3, -0.25) is 8.98 Å². The standard InChI is InChI=1S/C15H14O4S/c1-20(17,18)19-11-15(16)14-9-7-13(8-10-14)12-5-3-2-4-6-12/h2-10H,11H2,1H3. The summed E-state index contributed by atoms with van der Waals surface area (Å²) in [5.74, 6) is -0.366. The third kappa shape index (κ3) is 4.01. The van der Waals surface area contributed by atoms with Gasteiger partial charge in [-0.05, 0) is 11.1 Å². The summed E-state index contributed by atoms with van der Waals surface area (Å²) in [5, 5.41) is 0. The molecule has 0 aliphatic carbocycles. The van der Waals surface area contributed by atoms with Crippen LogP contribution in [0.3, 0.4) is 0 Å². The lowest BCUT2D eigenvalue weighted by molar-refractivity contribution is 0.0925. The lowest BCUT2D eigenvalue weighted by Crippen LogP contribution is -2.13. The summed E-state index contributed by atoms with van der Waals surface area (Å²) >= 11 is 0. The summed E-state index contributed by atoms with van der Waals surface area (Å²) < 4.78 is 26.1. The first-order valence-electron chi connectivity index (χ1n) is 5.99. The van der Waals surface area contributed by atoms with E-state index in [0.717, 1.165) is 17.4 Å². The maximum atomic E-state index is 11.7. The number of Topliss-reactive ketones (excluding diaryl/α,β-unsaturated/α-hetero) is 1. The first-order chi connectivity index (χ1) is 9.46. The number of carbonyl (C=O) groups excluding carboxylic acids is 1. The summed E-state index contributed by atoms with van der Waals surface area (Å²) in [5.41, 5.74) is 2.47. The van der Waals surface area contributed by atoms with Gasteiger partial charge >= 0.3 is 0 Å². The van der Waals surface area contributed by atoms with Crippen molar-refractivity contribution >= 4 is 15.9 Å². The van der Waals surface area contributed by atoms with Crippen LogP contribution in [-0.2, 0) is 14.3 Å². The number of hydrogen-bond acceptors (Lipinski definition) is 4. The maximum absolute atomic E-state index is 11.7. The van der Waals surface area contributed by atoms with Gasteiger partial charge in [0.05, 0.1) is 6.26 Å². The summed E-state index contributed by atoms with van der Waals surface area (Å²) in [6.45, 7) is -0.469. The summed E-state index contributed by atoms with van der Waals surface area (Å²) in [6.07, 6.45) is 0.915. The highest BCUT2D eigenvalue weighted by Gasteiger charge is 2.10. The van der Waals surface area contributed by atoms with Gasteiger partial charge in [0.15, 0.2) is 5.78 Å². The van der Waals surface area contributed by atoms with Gasteiger partial charge in [-0.15, -0.1) is 0 Å². The van der Waals surface area contributed by atoms with Gasteiger partial charge in [0.1, 0.15) is 6.61 Å². The fraction of sp³-hybridized carbons (Fsp3) is 0.133.